The average molecular weight is 325 g/mol. The molecule has 1 aromatic carbocycles. The lowest BCUT2D eigenvalue weighted by atomic mass is 10.2. The van der Waals surface area contributed by atoms with Crippen molar-refractivity contribution in [2.45, 2.75) is 13.5 Å². The number of pyridine rings is 1. The second-order valence-electron chi connectivity index (χ2n) is 5.36. The van der Waals surface area contributed by atoms with Crippen LogP contribution in [0.15, 0.2) is 47.2 Å². The van der Waals surface area contributed by atoms with E-state index in [2.05, 4.69) is 15.1 Å². The molecular weight excluding hydrogens is 310 g/mol. The van der Waals surface area contributed by atoms with Crippen LogP contribution in [0.5, 0.6) is 0 Å². The predicted molar refractivity (Wildman–Crippen MR) is 87.5 cm³/mol. The number of anilines is 1. The van der Waals surface area contributed by atoms with E-state index in [1.165, 1.54) is 0 Å². The predicted octanol–water partition coefficient (Wildman–Crippen LogP) is 2.98. The van der Waals surface area contributed by atoms with Gasteiger partial charge in [0.1, 0.15) is 5.69 Å². The second kappa shape index (κ2) is 6.45. The fourth-order valence-electron chi connectivity index (χ4n) is 2.32. The molecule has 2 heterocycles. The number of nitro benzene ring substituents is 1. The molecular formula is C16H15N5O3. The van der Waals surface area contributed by atoms with E-state index in [0.29, 0.717) is 17.4 Å². The first-order valence-electron chi connectivity index (χ1n) is 7.24. The van der Waals surface area contributed by atoms with Crippen molar-refractivity contribution in [2.75, 3.05) is 11.9 Å². The van der Waals surface area contributed by atoms with E-state index in [9.17, 15) is 10.1 Å². The Morgan fingerprint density at radius 3 is 2.88 bits per heavy atom. The van der Waals surface area contributed by atoms with Crippen molar-refractivity contribution in [3.63, 3.8) is 0 Å². The topological polar surface area (TPSA) is 98.2 Å². The number of aryl methyl sites for hydroxylation is 1. The van der Waals surface area contributed by atoms with Gasteiger partial charge < -0.3 is 9.42 Å². The summed E-state index contributed by atoms with van der Waals surface area (Å²) in [7, 11) is 1.74. The van der Waals surface area contributed by atoms with Crippen molar-refractivity contribution in [3.05, 3.63) is 64.3 Å². The first-order chi connectivity index (χ1) is 11.5. The van der Waals surface area contributed by atoms with Crippen LogP contribution in [0.25, 0.3) is 11.4 Å². The van der Waals surface area contributed by atoms with Crippen LogP contribution >= 0.6 is 0 Å². The van der Waals surface area contributed by atoms with Gasteiger partial charge in [0.05, 0.1) is 11.5 Å². The van der Waals surface area contributed by atoms with Crippen LogP contribution in [-0.2, 0) is 6.54 Å². The Balaban J connectivity index is 1.82. The third-order valence-corrected chi connectivity index (χ3v) is 3.50. The zero-order valence-electron chi connectivity index (χ0n) is 13.2. The van der Waals surface area contributed by atoms with Crippen LogP contribution in [0.2, 0.25) is 0 Å². The smallest absolute Gasteiger partial charge is 0.292 e. The quantitative estimate of drug-likeness (QED) is 0.525. The number of nitrogens with zero attached hydrogens (tertiary/aromatic N) is 5. The zero-order chi connectivity index (χ0) is 17.1. The molecule has 3 aromatic rings. The Bertz CT molecular complexity index is 863. The van der Waals surface area contributed by atoms with Crippen molar-refractivity contribution >= 4 is 11.4 Å². The van der Waals surface area contributed by atoms with Crippen LogP contribution < -0.4 is 4.90 Å². The molecule has 0 aliphatic carbocycles. The monoisotopic (exact) mass is 325 g/mol. The second-order valence-corrected chi connectivity index (χ2v) is 5.36. The number of hydrogen-bond donors (Lipinski definition) is 0. The standard InChI is InChI=1S/C16H15N5O3/c1-11-5-6-13(14(8-11)21(22)23)20(2)10-15-18-16(19-24-15)12-4-3-7-17-9-12/h3-9H,10H2,1-2H3. The summed E-state index contributed by atoms with van der Waals surface area (Å²) in [6.45, 7) is 2.08. The molecule has 0 saturated heterocycles. The summed E-state index contributed by atoms with van der Waals surface area (Å²) in [6.07, 6.45) is 3.30. The van der Waals surface area contributed by atoms with Gasteiger partial charge in [-0.15, -0.1) is 0 Å². The van der Waals surface area contributed by atoms with Gasteiger partial charge in [-0.05, 0) is 30.7 Å². The summed E-state index contributed by atoms with van der Waals surface area (Å²) < 4.78 is 5.23. The van der Waals surface area contributed by atoms with Gasteiger partial charge in [-0.2, -0.15) is 4.98 Å². The lowest BCUT2D eigenvalue weighted by molar-refractivity contribution is -0.384. The van der Waals surface area contributed by atoms with Crippen molar-refractivity contribution in [2.24, 2.45) is 0 Å². The molecule has 0 bridgehead atoms. The Hall–Kier alpha value is -3.29. The van der Waals surface area contributed by atoms with Crippen LogP contribution in [-0.4, -0.2) is 27.1 Å². The molecule has 8 nitrogen and oxygen atoms in total. The number of nitro groups is 1. The highest BCUT2D eigenvalue weighted by Crippen LogP contribution is 2.29. The van der Waals surface area contributed by atoms with E-state index < -0.39 is 4.92 Å². The highest BCUT2D eigenvalue weighted by molar-refractivity contribution is 5.63. The van der Waals surface area contributed by atoms with Crippen molar-refractivity contribution < 1.29 is 9.45 Å². The van der Waals surface area contributed by atoms with Gasteiger partial charge in [-0.1, -0.05) is 11.2 Å². The van der Waals surface area contributed by atoms with E-state index in [-0.39, 0.29) is 12.2 Å². The first kappa shape index (κ1) is 15.6. The molecule has 0 N–H and O–H groups in total. The van der Waals surface area contributed by atoms with Gasteiger partial charge in [-0.3, -0.25) is 15.1 Å². The summed E-state index contributed by atoms with van der Waals surface area (Å²) in [4.78, 5) is 20.9. The summed E-state index contributed by atoms with van der Waals surface area (Å²) >= 11 is 0. The Labute approximate surface area is 137 Å². The van der Waals surface area contributed by atoms with E-state index in [1.54, 1.807) is 42.5 Å². The van der Waals surface area contributed by atoms with Crippen molar-refractivity contribution in [1.82, 2.24) is 15.1 Å². The van der Waals surface area contributed by atoms with Crippen molar-refractivity contribution in [3.8, 4) is 11.4 Å². The highest BCUT2D eigenvalue weighted by Gasteiger charge is 2.19. The fraction of sp³-hybridized carbons (Fsp3) is 0.188. The van der Waals surface area contributed by atoms with Gasteiger partial charge >= 0.3 is 0 Å². The third-order valence-electron chi connectivity index (χ3n) is 3.50. The largest absolute Gasteiger partial charge is 0.360 e. The van der Waals surface area contributed by atoms with Gasteiger partial charge in [0, 0.05) is 31.1 Å². The average Bonchev–Trinajstić information content (AvgIpc) is 3.04. The molecule has 0 aliphatic rings. The zero-order valence-corrected chi connectivity index (χ0v) is 13.2. The molecule has 122 valence electrons. The molecule has 3 rings (SSSR count). The maximum atomic E-state index is 11.2. The maximum Gasteiger partial charge on any atom is 0.292 e. The minimum atomic E-state index is -0.395. The molecule has 0 unspecified atom stereocenters. The highest BCUT2D eigenvalue weighted by atomic mass is 16.6. The molecule has 0 radical (unpaired) electrons. The molecule has 8 heteroatoms. The minimum Gasteiger partial charge on any atom is -0.360 e. The normalized spacial score (nSPS) is 10.6. The van der Waals surface area contributed by atoms with Crippen LogP contribution in [0.3, 0.4) is 0 Å². The summed E-state index contributed by atoms with van der Waals surface area (Å²) in [5.74, 6) is 0.802. The lowest BCUT2D eigenvalue weighted by Crippen LogP contribution is -2.18. The molecule has 0 spiro atoms. The van der Waals surface area contributed by atoms with Crippen molar-refractivity contribution in [1.29, 1.82) is 0 Å². The van der Waals surface area contributed by atoms with E-state index in [0.717, 1.165) is 11.1 Å². The SMILES string of the molecule is Cc1ccc(N(C)Cc2nc(-c3cccnc3)no2)c([N+](=O)[O-])c1. The Morgan fingerprint density at radius 2 is 2.17 bits per heavy atom. The molecule has 24 heavy (non-hydrogen) atoms. The van der Waals surface area contributed by atoms with Gasteiger partial charge in [0.2, 0.25) is 11.7 Å². The van der Waals surface area contributed by atoms with E-state index in [1.807, 2.05) is 19.1 Å². The number of hydrogen-bond acceptors (Lipinski definition) is 7. The van der Waals surface area contributed by atoms with E-state index in [4.69, 9.17) is 4.52 Å². The molecule has 2 aromatic heterocycles. The summed E-state index contributed by atoms with van der Waals surface area (Å²) in [6, 6.07) is 8.70. The lowest BCUT2D eigenvalue weighted by Gasteiger charge is -2.17. The third kappa shape index (κ3) is 3.22. The van der Waals surface area contributed by atoms with Crippen LogP contribution in [0.4, 0.5) is 11.4 Å². The Morgan fingerprint density at radius 1 is 1.33 bits per heavy atom. The summed E-state index contributed by atoms with van der Waals surface area (Å²) in [5.41, 5.74) is 2.11. The first-order valence-corrected chi connectivity index (χ1v) is 7.24. The molecule has 0 atom stereocenters. The van der Waals surface area contributed by atoms with Gasteiger partial charge in [-0.25, -0.2) is 0 Å². The van der Waals surface area contributed by atoms with E-state index >= 15 is 0 Å². The molecule has 0 saturated carbocycles. The molecule has 0 aliphatic heterocycles. The van der Waals surface area contributed by atoms with Crippen LogP contribution in [0.1, 0.15) is 11.5 Å². The van der Waals surface area contributed by atoms with Crippen LogP contribution in [0, 0.1) is 17.0 Å². The maximum absolute atomic E-state index is 11.2. The number of rotatable bonds is 5. The summed E-state index contributed by atoms with van der Waals surface area (Å²) in [5, 5.41) is 15.2. The molecule has 0 amide bonds. The molecule has 0 fully saturated rings. The minimum absolute atomic E-state index is 0.0458. The Kier molecular flexibility index (Phi) is 4.19. The van der Waals surface area contributed by atoms with Gasteiger partial charge in [0.25, 0.3) is 5.69 Å². The number of aromatic nitrogens is 3. The fourth-order valence-corrected chi connectivity index (χ4v) is 2.32. The van der Waals surface area contributed by atoms with Gasteiger partial charge in [0.15, 0.2) is 0 Å². The number of benzene rings is 1.